The lowest BCUT2D eigenvalue weighted by molar-refractivity contribution is 0.476. The lowest BCUT2D eigenvalue weighted by Gasteiger charge is -2.04. The van der Waals surface area contributed by atoms with Gasteiger partial charge in [-0.3, -0.25) is 9.98 Å². The molecule has 0 spiro atoms. The number of benzene rings is 3. The van der Waals surface area contributed by atoms with E-state index in [-0.39, 0.29) is 22.2 Å². The second-order valence-corrected chi connectivity index (χ2v) is 7.60. The van der Waals surface area contributed by atoms with Gasteiger partial charge in [0.1, 0.15) is 11.4 Å². The minimum absolute atomic E-state index is 0.0840. The SMILES string of the molecule is O=S(=O)(O)c1ccc(N/N=C(/N=Nc2cc(Cl)ccc2O)c2ccccc2)cc1. The molecular formula is C19H15ClN4O4S. The molecule has 0 saturated carbocycles. The van der Waals surface area contributed by atoms with Gasteiger partial charge >= 0.3 is 0 Å². The molecule has 8 nitrogen and oxygen atoms in total. The van der Waals surface area contributed by atoms with Crippen LogP contribution >= 0.6 is 11.6 Å². The smallest absolute Gasteiger partial charge is 0.294 e. The van der Waals surface area contributed by atoms with Crippen molar-refractivity contribution in [2.75, 3.05) is 5.43 Å². The highest BCUT2D eigenvalue weighted by molar-refractivity contribution is 7.85. The summed E-state index contributed by atoms with van der Waals surface area (Å²) in [6.07, 6.45) is 0. The highest BCUT2D eigenvalue weighted by Gasteiger charge is 2.09. The van der Waals surface area contributed by atoms with Gasteiger partial charge in [-0.15, -0.1) is 10.2 Å². The molecule has 0 unspecified atom stereocenters. The third-order valence-corrected chi connectivity index (χ3v) is 4.77. The first kappa shape index (κ1) is 20.5. The molecule has 0 fully saturated rings. The maximum absolute atomic E-state index is 11.1. The number of amidine groups is 1. The maximum Gasteiger partial charge on any atom is 0.294 e. The van der Waals surface area contributed by atoms with Crippen LogP contribution in [0, 0.1) is 0 Å². The number of phenols is 1. The fourth-order valence-corrected chi connectivity index (χ4v) is 2.88. The molecule has 3 aromatic carbocycles. The predicted molar refractivity (Wildman–Crippen MR) is 110 cm³/mol. The van der Waals surface area contributed by atoms with Crippen LogP contribution in [0.4, 0.5) is 11.4 Å². The van der Waals surface area contributed by atoms with Crippen molar-refractivity contribution < 1.29 is 18.1 Å². The van der Waals surface area contributed by atoms with Crippen molar-refractivity contribution in [3.05, 3.63) is 83.4 Å². The lowest BCUT2D eigenvalue weighted by atomic mass is 10.2. The zero-order chi connectivity index (χ0) is 20.9. The van der Waals surface area contributed by atoms with E-state index in [0.29, 0.717) is 16.3 Å². The molecule has 0 bridgehead atoms. The summed E-state index contributed by atoms with van der Waals surface area (Å²) in [6, 6.07) is 18.7. The minimum atomic E-state index is -4.27. The van der Waals surface area contributed by atoms with Gasteiger partial charge in [0.2, 0.25) is 5.84 Å². The van der Waals surface area contributed by atoms with Crippen LogP contribution in [0.25, 0.3) is 0 Å². The summed E-state index contributed by atoms with van der Waals surface area (Å²) < 4.78 is 31.3. The number of azo groups is 1. The van der Waals surface area contributed by atoms with E-state index >= 15 is 0 Å². The van der Waals surface area contributed by atoms with Crippen molar-refractivity contribution in [2.45, 2.75) is 4.90 Å². The van der Waals surface area contributed by atoms with E-state index < -0.39 is 10.1 Å². The second-order valence-electron chi connectivity index (χ2n) is 5.75. The quantitative estimate of drug-likeness (QED) is 0.175. The van der Waals surface area contributed by atoms with Gasteiger partial charge in [0.15, 0.2) is 0 Å². The van der Waals surface area contributed by atoms with Crippen molar-refractivity contribution in [1.29, 1.82) is 0 Å². The number of nitrogens with zero attached hydrogens (tertiary/aromatic N) is 3. The van der Waals surface area contributed by atoms with E-state index in [2.05, 4.69) is 20.8 Å². The Morgan fingerprint density at radius 3 is 2.31 bits per heavy atom. The Bertz CT molecular complexity index is 1160. The molecule has 0 atom stereocenters. The Kier molecular flexibility index (Phi) is 6.23. The summed E-state index contributed by atoms with van der Waals surface area (Å²) >= 11 is 5.92. The van der Waals surface area contributed by atoms with Crippen molar-refractivity contribution in [1.82, 2.24) is 0 Å². The molecule has 0 aliphatic rings. The monoisotopic (exact) mass is 430 g/mol. The first-order valence-electron chi connectivity index (χ1n) is 8.20. The number of halogens is 1. The largest absolute Gasteiger partial charge is 0.506 e. The summed E-state index contributed by atoms with van der Waals surface area (Å²) in [5.74, 6) is 0.128. The van der Waals surface area contributed by atoms with Crippen molar-refractivity contribution >= 4 is 38.9 Å². The van der Waals surface area contributed by atoms with Crippen LogP contribution in [0.5, 0.6) is 5.75 Å². The van der Waals surface area contributed by atoms with Crippen LogP contribution < -0.4 is 5.43 Å². The Balaban J connectivity index is 1.90. The second kappa shape index (κ2) is 8.82. The topological polar surface area (TPSA) is 124 Å². The maximum atomic E-state index is 11.1. The summed E-state index contributed by atoms with van der Waals surface area (Å²) in [5, 5.41) is 22.6. The number of hydrogen-bond acceptors (Lipinski definition) is 6. The number of rotatable bonds is 5. The first-order chi connectivity index (χ1) is 13.8. The molecule has 10 heteroatoms. The number of nitrogens with one attached hydrogen (secondary N) is 1. The van der Waals surface area contributed by atoms with E-state index in [0.717, 1.165) is 0 Å². The average Bonchev–Trinajstić information content (AvgIpc) is 2.71. The fourth-order valence-electron chi connectivity index (χ4n) is 2.23. The van der Waals surface area contributed by atoms with Gasteiger partial charge in [0, 0.05) is 10.6 Å². The van der Waals surface area contributed by atoms with E-state index in [1.165, 1.54) is 42.5 Å². The molecule has 0 aliphatic carbocycles. The molecule has 0 aliphatic heterocycles. The summed E-state index contributed by atoms with van der Waals surface area (Å²) in [7, 11) is -4.27. The summed E-state index contributed by atoms with van der Waals surface area (Å²) in [6.45, 7) is 0. The lowest BCUT2D eigenvalue weighted by Crippen LogP contribution is -2.02. The molecule has 3 N–H and O–H groups in total. The molecule has 148 valence electrons. The van der Waals surface area contributed by atoms with Gasteiger partial charge in [0.05, 0.1) is 10.6 Å². The average molecular weight is 431 g/mol. The molecular weight excluding hydrogens is 416 g/mol. The van der Waals surface area contributed by atoms with Gasteiger partial charge in [0.25, 0.3) is 10.1 Å². The number of anilines is 1. The minimum Gasteiger partial charge on any atom is -0.506 e. The Morgan fingerprint density at radius 1 is 0.966 bits per heavy atom. The van der Waals surface area contributed by atoms with Crippen LogP contribution in [0.2, 0.25) is 5.02 Å². The Morgan fingerprint density at radius 2 is 1.66 bits per heavy atom. The van der Waals surface area contributed by atoms with E-state index in [9.17, 15) is 13.5 Å². The van der Waals surface area contributed by atoms with Gasteiger partial charge in [-0.2, -0.15) is 13.5 Å². The van der Waals surface area contributed by atoms with Crippen molar-refractivity contribution in [2.24, 2.45) is 15.3 Å². The van der Waals surface area contributed by atoms with E-state index in [1.54, 1.807) is 24.3 Å². The van der Waals surface area contributed by atoms with Gasteiger partial charge in [-0.05, 0) is 42.5 Å². The van der Waals surface area contributed by atoms with Crippen LogP contribution in [0.3, 0.4) is 0 Å². The van der Waals surface area contributed by atoms with Gasteiger partial charge < -0.3 is 5.11 Å². The molecule has 0 amide bonds. The number of aromatic hydroxyl groups is 1. The third kappa shape index (κ3) is 5.61. The van der Waals surface area contributed by atoms with Crippen LogP contribution in [0.1, 0.15) is 5.56 Å². The molecule has 0 radical (unpaired) electrons. The molecule has 0 heterocycles. The number of hydrogen-bond donors (Lipinski definition) is 3. The van der Waals surface area contributed by atoms with Gasteiger partial charge in [-0.25, -0.2) is 0 Å². The van der Waals surface area contributed by atoms with E-state index in [1.807, 2.05) is 6.07 Å². The predicted octanol–water partition coefficient (Wildman–Crippen LogP) is 4.85. The molecule has 0 aromatic heterocycles. The van der Waals surface area contributed by atoms with Crippen LogP contribution in [-0.2, 0) is 10.1 Å². The molecule has 3 aromatic rings. The third-order valence-electron chi connectivity index (χ3n) is 3.66. The first-order valence-corrected chi connectivity index (χ1v) is 10.0. The number of hydrazone groups is 1. The Labute approximate surface area is 171 Å². The number of phenolic OH excluding ortho intramolecular Hbond substituents is 1. The highest BCUT2D eigenvalue weighted by atomic mass is 35.5. The van der Waals surface area contributed by atoms with Crippen molar-refractivity contribution in [3.8, 4) is 5.75 Å². The normalized spacial score (nSPS) is 12.3. The molecule has 29 heavy (non-hydrogen) atoms. The van der Waals surface area contributed by atoms with Gasteiger partial charge in [-0.1, -0.05) is 41.9 Å². The summed E-state index contributed by atoms with van der Waals surface area (Å²) in [5.41, 5.74) is 4.05. The van der Waals surface area contributed by atoms with Crippen LogP contribution in [0.15, 0.2) is 93.0 Å². The zero-order valence-electron chi connectivity index (χ0n) is 14.8. The molecule has 3 rings (SSSR count). The highest BCUT2D eigenvalue weighted by Crippen LogP contribution is 2.29. The summed E-state index contributed by atoms with van der Waals surface area (Å²) in [4.78, 5) is -0.230. The van der Waals surface area contributed by atoms with Crippen molar-refractivity contribution in [3.63, 3.8) is 0 Å². The fraction of sp³-hybridized carbons (Fsp3) is 0. The zero-order valence-corrected chi connectivity index (χ0v) is 16.3. The van der Waals surface area contributed by atoms with E-state index in [4.69, 9.17) is 16.2 Å². The van der Waals surface area contributed by atoms with Crippen LogP contribution in [-0.4, -0.2) is 23.9 Å². The standard InChI is InChI=1S/C19H15ClN4O4S/c20-14-6-11-18(25)17(12-14)22-24-19(13-4-2-1-3-5-13)23-21-15-7-9-16(10-8-15)29(26,27)28/h1-12,21,25H,(H,26,27,28)/b23-19+,24-22?. The Hall–Kier alpha value is -3.27. The molecule has 0 saturated heterocycles.